The van der Waals surface area contributed by atoms with E-state index >= 15 is 0 Å². The molecule has 2 aromatic carbocycles. The number of nitrogens with one attached hydrogen (secondary N) is 2. The smallest absolute Gasteiger partial charge is 0.277 e. The molecule has 0 fully saturated rings. The minimum atomic E-state index is -0.256. The van der Waals surface area contributed by atoms with Crippen molar-refractivity contribution in [2.75, 3.05) is 11.1 Å². The largest absolute Gasteiger partial charge is 0.382 e. The van der Waals surface area contributed by atoms with E-state index in [2.05, 4.69) is 15.3 Å². The van der Waals surface area contributed by atoms with Crippen molar-refractivity contribution in [3.8, 4) is 0 Å². The van der Waals surface area contributed by atoms with Gasteiger partial charge in [-0.15, -0.1) is 0 Å². The highest BCUT2D eigenvalue weighted by atomic mass is 32.2. The molecule has 3 rings (SSSR count). The summed E-state index contributed by atoms with van der Waals surface area (Å²) in [7, 11) is 0. The van der Waals surface area contributed by atoms with Gasteiger partial charge in [-0.1, -0.05) is 72.4 Å². The first kappa shape index (κ1) is 16.1. The number of anilines is 2. The molecular formula is C18H18N4OS. The molecule has 24 heavy (non-hydrogen) atoms. The van der Waals surface area contributed by atoms with Gasteiger partial charge in [0.1, 0.15) is 5.69 Å². The molecule has 0 aliphatic heterocycles. The van der Waals surface area contributed by atoms with Crippen molar-refractivity contribution < 1.29 is 0 Å². The lowest BCUT2D eigenvalue weighted by molar-refractivity contribution is 0.938. The van der Waals surface area contributed by atoms with Crippen molar-refractivity contribution >= 4 is 23.3 Å². The molecule has 0 amide bonds. The van der Waals surface area contributed by atoms with Gasteiger partial charge in [0, 0.05) is 12.3 Å². The number of hydrogen-bond donors (Lipinski definition) is 3. The van der Waals surface area contributed by atoms with Gasteiger partial charge in [-0.2, -0.15) is 0 Å². The van der Waals surface area contributed by atoms with E-state index in [1.165, 1.54) is 11.8 Å². The molecule has 3 aromatic rings. The Bertz CT molecular complexity index is 850. The lowest BCUT2D eigenvalue weighted by atomic mass is 10.2. The quantitative estimate of drug-likeness (QED) is 0.475. The molecule has 0 atom stereocenters. The van der Waals surface area contributed by atoms with Crippen molar-refractivity contribution in [1.82, 2.24) is 9.97 Å². The van der Waals surface area contributed by atoms with Crippen LogP contribution in [0.3, 0.4) is 0 Å². The summed E-state index contributed by atoms with van der Waals surface area (Å²) in [4.78, 5) is 19.3. The average Bonchev–Trinajstić information content (AvgIpc) is 2.61. The number of nitrogens with two attached hydrogens (primary N) is 1. The third-order valence-corrected chi connectivity index (χ3v) is 4.40. The Labute approximate surface area is 144 Å². The van der Waals surface area contributed by atoms with E-state index in [0.717, 1.165) is 16.9 Å². The van der Waals surface area contributed by atoms with E-state index in [1.807, 2.05) is 60.7 Å². The van der Waals surface area contributed by atoms with Gasteiger partial charge in [0.2, 0.25) is 0 Å². The minimum absolute atomic E-state index is 0.213. The standard InChI is InChI=1S/C18H18N4OS/c19-16-15(20-11-13-7-3-1-4-8-13)17(23)22-18(21-16)24-12-14-9-5-2-6-10-14/h1-10,20H,11-12H2,(H3,19,21,22,23). The molecule has 0 spiro atoms. The van der Waals surface area contributed by atoms with Crippen molar-refractivity contribution in [2.24, 2.45) is 0 Å². The molecule has 0 radical (unpaired) electrons. The van der Waals surface area contributed by atoms with Crippen molar-refractivity contribution in [3.05, 3.63) is 82.1 Å². The fraction of sp³-hybridized carbons (Fsp3) is 0.111. The number of thioether (sulfide) groups is 1. The molecule has 122 valence electrons. The summed E-state index contributed by atoms with van der Waals surface area (Å²) in [6.45, 7) is 0.520. The third kappa shape index (κ3) is 4.17. The van der Waals surface area contributed by atoms with E-state index in [1.54, 1.807) is 0 Å². The number of nitrogens with zero attached hydrogens (tertiary/aromatic N) is 1. The molecule has 0 saturated carbocycles. The second-order valence-corrected chi connectivity index (χ2v) is 6.21. The van der Waals surface area contributed by atoms with Crippen LogP contribution in [0.1, 0.15) is 11.1 Å². The zero-order chi connectivity index (χ0) is 16.8. The van der Waals surface area contributed by atoms with Gasteiger partial charge in [-0.05, 0) is 11.1 Å². The highest BCUT2D eigenvalue weighted by Gasteiger charge is 2.09. The Morgan fingerprint density at radius 1 is 1.00 bits per heavy atom. The summed E-state index contributed by atoms with van der Waals surface area (Å²) in [5, 5.41) is 3.58. The molecule has 5 nitrogen and oxygen atoms in total. The fourth-order valence-corrected chi connectivity index (χ4v) is 3.04. The zero-order valence-corrected chi connectivity index (χ0v) is 13.8. The number of H-pyrrole nitrogens is 1. The molecule has 0 unspecified atom stereocenters. The maximum absolute atomic E-state index is 12.2. The molecule has 0 saturated heterocycles. The monoisotopic (exact) mass is 338 g/mol. The van der Waals surface area contributed by atoms with Crippen LogP contribution >= 0.6 is 11.8 Å². The van der Waals surface area contributed by atoms with Crippen molar-refractivity contribution in [1.29, 1.82) is 0 Å². The molecule has 6 heteroatoms. The van der Waals surface area contributed by atoms with Crippen LogP contribution in [0.15, 0.2) is 70.6 Å². The first-order valence-corrected chi connectivity index (χ1v) is 8.55. The summed E-state index contributed by atoms with van der Waals surface area (Å²) in [6.07, 6.45) is 0. The van der Waals surface area contributed by atoms with Gasteiger partial charge in [0.05, 0.1) is 0 Å². The second kappa shape index (κ2) is 7.70. The van der Waals surface area contributed by atoms with Crippen LogP contribution in [0.4, 0.5) is 11.5 Å². The Morgan fingerprint density at radius 2 is 1.62 bits per heavy atom. The van der Waals surface area contributed by atoms with Crippen molar-refractivity contribution in [2.45, 2.75) is 17.5 Å². The van der Waals surface area contributed by atoms with E-state index in [4.69, 9.17) is 5.73 Å². The second-order valence-electron chi connectivity index (χ2n) is 5.24. The van der Waals surface area contributed by atoms with Gasteiger partial charge in [-0.25, -0.2) is 4.98 Å². The summed E-state index contributed by atoms with van der Waals surface area (Å²) in [6, 6.07) is 19.8. The van der Waals surface area contributed by atoms with E-state index in [-0.39, 0.29) is 11.4 Å². The maximum Gasteiger partial charge on any atom is 0.277 e. The fourth-order valence-electron chi connectivity index (χ4n) is 2.22. The zero-order valence-electron chi connectivity index (χ0n) is 13.0. The van der Waals surface area contributed by atoms with Crippen molar-refractivity contribution in [3.63, 3.8) is 0 Å². The van der Waals surface area contributed by atoms with Crippen LogP contribution in [-0.2, 0) is 12.3 Å². The van der Waals surface area contributed by atoms with Crippen LogP contribution in [0.25, 0.3) is 0 Å². The normalized spacial score (nSPS) is 10.5. The highest BCUT2D eigenvalue weighted by Crippen LogP contribution is 2.21. The number of hydrogen-bond acceptors (Lipinski definition) is 5. The van der Waals surface area contributed by atoms with Crippen LogP contribution in [-0.4, -0.2) is 9.97 Å². The van der Waals surface area contributed by atoms with Crippen LogP contribution in [0, 0.1) is 0 Å². The lowest BCUT2D eigenvalue weighted by Crippen LogP contribution is -2.18. The van der Waals surface area contributed by atoms with Gasteiger partial charge in [0.15, 0.2) is 11.0 Å². The Hall–Kier alpha value is -2.73. The van der Waals surface area contributed by atoms with E-state index in [9.17, 15) is 4.79 Å². The van der Waals surface area contributed by atoms with Crippen LogP contribution in [0.2, 0.25) is 0 Å². The first-order chi connectivity index (χ1) is 11.7. The molecule has 1 aromatic heterocycles. The Morgan fingerprint density at radius 3 is 2.25 bits per heavy atom. The number of aromatic nitrogens is 2. The Balaban J connectivity index is 1.68. The molecule has 4 N–H and O–H groups in total. The predicted molar refractivity (Wildman–Crippen MR) is 99.0 cm³/mol. The van der Waals surface area contributed by atoms with Crippen LogP contribution in [0.5, 0.6) is 0 Å². The predicted octanol–water partition coefficient (Wildman–Crippen LogP) is 3.26. The topological polar surface area (TPSA) is 83.8 Å². The summed E-state index contributed by atoms with van der Waals surface area (Å²) in [5.41, 5.74) is 8.23. The number of rotatable bonds is 6. The van der Waals surface area contributed by atoms with Gasteiger partial charge in [0.25, 0.3) is 5.56 Å². The highest BCUT2D eigenvalue weighted by molar-refractivity contribution is 7.98. The SMILES string of the molecule is Nc1nc(SCc2ccccc2)[nH]c(=O)c1NCc1ccccc1. The number of benzene rings is 2. The first-order valence-electron chi connectivity index (χ1n) is 7.56. The van der Waals surface area contributed by atoms with E-state index < -0.39 is 0 Å². The number of nitrogen functional groups attached to an aromatic ring is 1. The minimum Gasteiger partial charge on any atom is -0.382 e. The average molecular weight is 338 g/mol. The van der Waals surface area contributed by atoms with Gasteiger partial charge < -0.3 is 11.1 Å². The lowest BCUT2D eigenvalue weighted by Gasteiger charge is -2.09. The molecule has 0 aliphatic rings. The Kier molecular flexibility index (Phi) is 5.18. The molecule has 0 aliphatic carbocycles. The van der Waals surface area contributed by atoms with Crippen LogP contribution < -0.4 is 16.6 Å². The summed E-state index contributed by atoms with van der Waals surface area (Å²) >= 11 is 1.45. The molecule has 1 heterocycles. The maximum atomic E-state index is 12.2. The van der Waals surface area contributed by atoms with Gasteiger partial charge >= 0.3 is 0 Å². The molecular weight excluding hydrogens is 320 g/mol. The number of aromatic amines is 1. The summed E-state index contributed by atoms with van der Waals surface area (Å²) in [5.74, 6) is 0.935. The third-order valence-electron chi connectivity index (χ3n) is 3.46. The van der Waals surface area contributed by atoms with Gasteiger partial charge in [-0.3, -0.25) is 9.78 Å². The summed E-state index contributed by atoms with van der Waals surface area (Å²) < 4.78 is 0. The van der Waals surface area contributed by atoms with E-state index in [0.29, 0.717) is 17.4 Å². The molecule has 0 bridgehead atoms.